The van der Waals surface area contributed by atoms with Crippen LogP contribution in [0.2, 0.25) is 0 Å². The monoisotopic (exact) mass is 381 g/mol. The Morgan fingerprint density at radius 3 is 3.11 bits per heavy atom. The number of hydrogen-bond acceptors (Lipinski definition) is 6. The zero-order valence-corrected chi connectivity index (χ0v) is 16.0. The van der Waals surface area contributed by atoms with Crippen LogP contribution in [0.1, 0.15) is 23.6 Å². The van der Waals surface area contributed by atoms with Gasteiger partial charge in [0, 0.05) is 45.4 Å². The average molecular weight is 381 g/mol. The molecule has 0 aromatic carbocycles. The third-order valence-electron chi connectivity index (χ3n) is 5.07. The summed E-state index contributed by atoms with van der Waals surface area (Å²) in [4.78, 5) is 18.1. The van der Waals surface area contributed by atoms with E-state index >= 15 is 0 Å². The van der Waals surface area contributed by atoms with E-state index in [9.17, 15) is 4.79 Å². The Morgan fingerprint density at radius 2 is 2.32 bits per heavy atom. The largest absolute Gasteiger partial charge is 0.378 e. The summed E-state index contributed by atoms with van der Waals surface area (Å²) in [5.41, 5.74) is 3.62. The minimum atomic E-state index is -0.0261. The van der Waals surface area contributed by atoms with E-state index in [4.69, 9.17) is 4.74 Å². The number of rotatable bonds is 6. The fourth-order valence-electron chi connectivity index (χ4n) is 3.61. The smallest absolute Gasteiger partial charge is 0.245 e. The molecular weight excluding hydrogens is 358 g/mol. The molecule has 0 saturated carbocycles. The van der Waals surface area contributed by atoms with Gasteiger partial charge in [0.1, 0.15) is 6.33 Å². The maximum absolute atomic E-state index is 11.9. The molecule has 1 aliphatic heterocycles. The molecule has 4 heterocycles. The van der Waals surface area contributed by atoms with Crippen molar-refractivity contribution in [3.05, 3.63) is 48.6 Å². The standard InChI is InChI=1S/C19H23N7O2/c1-4-18(27)25-6-5-13(9-25)14-7-16(19-20-12-21-26(19)10-14)22-17-8-15(11-28-3)24(2)23-17/h4,7-8,10,12-13H,1,5-6,9,11H2,2-3H3,(H,22,23)/t13-/m0/s1. The second-order valence-electron chi connectivity index (χ2n) is 6.89. The topological polar surface area (TPSA) is 89.6 Å². The lowest BCUT2D eigenvalue weighted by Crippen LogP contribution is -2.26. The molecule has 1 fully saturated rings. The van der Waals surface area contributed by atoms with Crippen LogP contribution in [0.5, 0.6) is 0 Å². The molecule has 1 saturated heterocycles. The summed E-state index contributed by atoms with van der Waals surface area (Å²) >= 11 is 0. The predicted octanol–water partition coefficient (Wildman–Crippen LogP) is 1.85. The molecule has 1 aliphatic rings. The number of amides is 1. The summed E-state index contributed by atoms with van der Waals surface area (Å²) in [6.45, 7) is 5.47. The van der Waals surface area contributed by atoms with Crippen LogP contribution in [0, 0.1) is 0 Å². The highest BCUT2D eigenvalue weighted by Gasteiger charge is 2.27. The lowest BCUT2D eigenvalue weighted by molar-refractivity contribution is -0.125. The van der Waals surface area contributed by atoms with Gasteiger partial charge in [-0.15, -0.1) is 0 Å². The molecule has 3 aromatic rings. The number of ether oxygens (including phenoxy) is 1. The number of carbonyl (C=O) groups is 1. The number of aryl methyl sites for hydroxylation is 1. The molecule has 1 atom stereocenters. The van der Waals surface area contributed by atoms with Crippen LogP contribution < -0.4 is 5.32 Å². The van der Waals surface area contributed by atoms with Crippen molar-refractivity contribution >= 4 is 23.1 Å². The molecule has 0 aliphatic carbocycles. The molecule has 0 unspecified atom stereocenters. The lowest BCUT2D eigenvalue weighted by atomic mass is 10.00. The SMILES string of the molecule is C=CC(=O)N1CC[C@H](c2cc(Nc3cc(COC)n(C)n3)c3ncnn3c2)C1. The summed E-state index contributed by atoms with van der Waals surface area (Å²) < 4.78 is 8.74. The number of methoxy groups -OCH3 is 1. The molecule has 9 nitrogen and oxygen atoms in total. The average Bonchev–Trinajstić information content (AvgIpc) is 3.41. The Labute approximate surface area is 162 Å². The first kappa shape index (κ1) is 18.2. The van der Waals surface area contributed by atoms with E-state index in [0.717, 1.165) is 35.6 Å². The molecule has 3 aromatic heterocycles. The Kier molecular flexibility index (Phi) is 4.82. The van der Waals surface area contributed by atoms with Gasteiger partial charge in [-0.1, -0.05) is 6.58 Å². The first-order valence-electron chi connectivity index (χ1n) is 9.12. The molecule has 146 valence electrons. The van der Waals surface area contributed by atoms with Crippen molar-refractivity contribution < 1.29 is 9.53 Å². The highest BCUT2D eigenvalue weighted by atomic mass is 16.5. The normalized spacial score (nSPS) is 16.6. The number of anilines is 2. The van der Waals surface area contributed by atoms with Crippen molar-refractivity contribution in [2.24, 2.45) is 7.05 Å². The van der Waals surface area contributed by atoms with Crippen LogP contribution >= 0.6 is 0 Å². The maximum Gasteiger partial charge on any atom is 0.245 e. The van der Waals surface area contributed by atoms with Gasteiger partial charge in [-0.2, -0.15) is 10.2 Å². The van der Waals surface area contributed by atoms with E-state index < -0.39 is 0 Å². The minimum Gasteiger partial charge on any atom is -0.378 e. The second-order valence-corrected chi connectivity index (χ2v) is 6.89. The van der Waals surface area contributed by atoms with Crippen molar-refractivity contribution in [3.8, 4) is 0 Å². The highest BCUT2D eigenvalue weighted by Crippen LogP contribution is 2.31. The van der Waals surface area contributed by atoms with Gasteiger partial charge in [-0.25, -0.2) is 9.50 Å². The number of nitrogens with zero attached hydrogens (tertiary/aromatic N) is 6. The van der Waals surface area contributed by atoms with Crippen LogP contribution in [-0.2, 0) is 23.2 Å². The second kappa shape index (κ2) is 7.43. The Hall–Kier alpha value is -3.20. The van der Waals surface area contributed by atoms with Gasteiger partial charge in [0.25, 0.3) is 0 Å². The third-order valence-corrected chi connectivity index (χ3v) is 5.07. The number of hydrogen-bond donors (Lipinski definition) is 1. The van der Waals surface area contributed by atoms with Gasteiger partial charge in [0.05, 0.1) is 18.0 Å². The summed E-state index contributed by atoms with van der Waals surface area (Å²) in [7, 11) is 3.54. The van der Waals surface area contributed by atoms with Gasteiger partial charge in [0.2, 0.25) is 5.91 Å². The van der Waals surface area contributed by atoms with Crippen molar-refractivity contribution in [2.75, 3.05) is 25.5 Å². The number of aromatic nitrogens is 5. The van der Waals surface area contributed by atoms with Gasteiger partial charge < -0.3 is 15.0 Å². The summed E-state index contributed by atoms with van der Waals surface area (Å²) in [5, 5.41) is 12.1. The van der Waals surface area contributed by atoms with E-state index in [2.05, 4.69) is 33.1 Å². The number of nitrogens with one attached hydrogen (secondary N) is 1. The molecule has 9 heteroatoms. The fraction of sp³-hybridized carbons (Fsp3) is 0.368. The third kappa shape index (κ3) is 3.36. The molecule has 4 rings (SSSR count). The van der Waals surface area contributed by atoms with Crippen LogP contribution in [0.3, 0.4) is 0 Å². The zero-order valence-electron chi connectivity index (χ0n) is 16.0. The summed E-state index contributed by atoms with van der Waals surface area (Å²) in [5.74, 6) is 0.930. The lowest BCUT2D eigenvalue weighted by Gasteiger charge is -2.15. The van der Waals surface area contributed by atoms with Gasteiger partial charge >= 0.3 is 0 Å². The molecule has 0 radical (unpaired) electrons. The van der Waals surface area contributed by atoms with Crippen LogP contribution in [0.4, 0.5) is 11.5 Å². The highest BCUT2D eigenvalue weighted by molar-refractivity contribution is 5.87. The fourth-order valence-corrected chi connectivity index (χ4v) is 3.61. The van der Waals surface area contributed by atoms with Gasteiger partial charge in [-0.3, -0.25) is 9.48 Å². The Balaban J connectivity index is 1.63. The minimum absolute atomic E-state index is 0.0261. The van der Waals surface area contributed by atoms with E-state index in [1.54, 1.807) is 16.3 Å². The van der Waals surface area contributed by atoms with Crippen molar-refractivity contribution in [1.29, 1.82) is 0 Å². The number of fused-ring (bicyclic) bond motifs is 1. The first-order valence-corrected chi connectivity index (χ1v) is 9.12. The van der Waals surface area contributed by atoms with Crippen LogP contribution in [0.15, 0.2) is 37.3 Å². The Bertz CT molecular complexity index is 1020. The quantitative estimate of drug-likeness (QED) is 0.656. The van der Waals surface area contributed by atoms with Crippen molar-refractivity contribution in [3.63, 3.8) is 0 Å². The molecule has 1 N–H and O–H groups in total. The van der Waals surface area contributed by atoms with Gasteiger partial charge in [-0.05, 0) is 24.1 Å². The van der Waals surface area contributed by atoms with Crippen molar-refractivity contribution in [1.82, 2.24) is 29.3 Å². The first-order chi connectivity index (χ1) is 13.6. The maximum atomic E-state index is 11.9. The van der Waals surface area contributed by atoms with E-state index in [-0.39, 0.29) is 11.8 Å². The summed E-state index contributed by atoms with van der Waals surface area (Å²) in [6, 6.07) is 4.02. The predicted molar refractivity (Wildman–Crippen MR) is 104 cm³/mol. The van der Waals surface area contributed by atoms with Crippen LogP contribution in [0.25, 0.3) is 5.65 Å². The number of pyridine rings is 1. The van der Waals surface area contributed by atoms with Crippen LogP contribution in [-0.4, -0.2) is 55.4 Å². The molecule has 0 bridgehead atoms. The van der Waals surface area contributed by atoms with Crippen molar-refractivity contribution in [2.45, 2.75) is 18.9 Å². The molecular formula is C19H23N7O2. The van der Waals surface area contributed by atoms with Gasteiger partial charge in [0.15, 0.2) is 11.5 Å². The number of likely N-dealkylation sites (tertiary alicyclic amines) is 1. The van der Waals surface area contributed by atoms with E-state index in [1.165, 1.54) is 12.4 Å². The molecule has 1 amide bonds. The zero-order chi connectivity index (χ0) is 19.7. The van der Waals surface area contributed by atoms with E-state index in [1.807, 2.05) is 24.2 Å². The molecule has 0 spiro atoms. The van der Waals surface area contributed by atoms with E-state index in [0.29, 0.717) is 19.0 Å². The number of carbonyl (C=O) groups excluding carboxylic acids is 1. The summed E-state index contributed by atoms with van der Waals surface area (Å²) in [6.07, 6.45) is 5.78. The Morgan fingerprint density at radius 1 is 1.46 bits per heavy atom. The molecule has 28 heavy (non-hydrogen) atoms.